The van der Waals surface area contributed by atoms with Gasteiger partial charge in [0.25, 0.3) is 0 Å². The minimum Gasteiger partial charge on any atom is -0.380 e. The average molecular weight is 402 g/mol. The van der Waals surface area contributed by atoms with Gasteiger partial charge >= 0.3 is 0 Å². The number of amides is 1. The molecule has 4 nitrogen and oxygen atoms in total. The molecule has 3 rings (SSSR count). The number of carbonyl (C=O) groups is 1. The van der Waals surface area contributed by atoms with Gasteiger partial charge < -0.3 is 10.6 Å². The highest BCUT2D eigenvalue weighted by molar-refractivity contribution is 6.42. The molecule has 0 saturated carbocycles. The molecule has 0 saturated heterocycles. The van der Waals surface area contributed by atoms with E-state index >= 15 is 0 Å². The quantitative estimate of drug-likeness (QED) is 0.546. The standard InChI is InChI=1S/C21H21Cl2N3O/c1-12(2)21(27)26-18-6-4-5-15-19(9-13(3)25-20(15)18)24-11-14-7-8-16(22)17(23)10-14/h4-10,12H,11H2,1-3H3,(H,24,25)(H,26,27). The highest BCUT2D eigenvalue weighted by atomic mass is 35.5. The van der Waals surface area contributed by atoms with Crippen molar-refractivity contribution in [1.29, 1.82) is 0 Å². The van der Waals surface area contributed by atoms with Gasteiger partial charge in [0.2, 0.25) is 5.91 Å². The first-order valence-electron chi connectivity index (χ1n) is 8.74. The summed E-state index contributed by atoms with van der Waals surface area (Å²) in [6.07, 6.45) is 0. The van der Waals surface area contributed by atoms with Crippen LogP contribution in [0, 0.1) is 12.8 Å². The average Bonchev–Trinajstić information content (AvgIpc) is 2.62. The van der Waals surface area contributed by atoms with Crippen LogP contribution in [0.4, 0.5) is 11.4 Å². The Morgan fingerprint density at radius 2 is 1.85 bits per heavy atom. The number of carbonyl (C=O) groups excluding carboxylic acids is 1. The lowest BCUT2D eigenvalue weighted by molar-refractivity contribution is -0.118. The second kappa shape index (κ2) is 8.15. The predicted octanol–water partition coefficient (Wildman–Crippen LogP) is 6.06. The minimum absolute atomic E-state index is 0.0314. The van der Waals surface area contributed by atoms with Crippen LogP contribution in [0.2, 0.25) is 10.0 Å². The van der Waals surface area contributed by atoms with Crippen LogP contribution in [0.1, 0.15) is 25.1 Å². The van der Waals surface area contributed by atoms with E-state index in [1.807, 2.05) is 57.2 Å². The Morgan fingerprint density at radius 3 is 2.56 bits per heavy atom. The van der Waals surface area contributed by atoms with E-state index in [1.54, 1.807) is 6.07 Å². The Labute approximate surface area is 168 Å². The third kappa shape index (κ3) is 4.52. The molecular weight excluding hydrogens is 381 g/mol. The number of pyridine rings is 1. The molecular formula is C21H21Cl2N3O. The van der Waals surface area contributed by atoms with Crippen LogP contribution in [0.3, 0.4) is 0 Å². The minimum atomic E-state index is -0.0997. The van der Waals surface area contributed by atoms with Crippen LogP contribution in [-0.2, 0) is 11.3 Å². The van der Waals surface area contributed by atoms with Gasteiger partial charge in [0.05, 0.1) is 21.2 Å². The summed E-state index contributed by atoms with van der Waals surface area (Å²) >= 11 is 12.1. The Morgan fingerprint density at radius 1 is 1.07 bits per heavy atom. The smallest absolute Gasteiger partial charge is 0.226 e. The summed E-state index contributed by atoms with van der Waals surface area (Å²) in [4.78, 5) is 16.8. The molecule has 0 fully saturated rings. The van der Waals surface area contributed by atoms with Gasteiger partial charge in [0.1, 0.15) is 0 Å². The van der Waals surface area contributed by atoms with Crippen LogP contribution in [0.5, 0.6) is 0 Å². The molecule has 0 atom stereocenters. The van der Waals surface area contributed by atoms with Crippen molar-refractivity contribution in [2.45, 2.75) is 27.3 Å². The number of anilines is 2. The molecule has 140 valence electrons. The molecule has 0 bridgehead atoms. The van der Waals surface area contributed by atoms with E-state index < -0.39 is 0 Å². The maximum Gasteiger partial charge on any atom is 0.226 e. The molecule has 2 N–H and O–H groups in total. The van der Waals surface area contributed by atoms with E-state index in [-0.39, 0.29) is 11.8 Å². The highest BCUT2D eigenvalue weighted by Gasteiger charge is 2.12. The zero-order valence-electron chi connectivity index (χ0n) is 15.4. The molecule has 2 aromatic carbocycles. The van der Waals surface area contributed by atoms with Gasteiger partial charge in [-0.25, -0.2) is 0 Å². The predicted molar refractivity (Wildman–Crippen MR) is 114 cm³/mol. The first-order chi connectivity index (χ1) is 12.8. The molecule has 0 unspecified atom stereocenters. The number of hydrogen-bond donors (Lipinski definition) is 2. The Hall–Kier alpha value is -2.30. The van der Waals surface area contributed by atoms with Gasteiger partial charge in [-0.3, -0.25) is 9.78 Å². The molecule has 3 aromatic rings. The van der Waals surface area contributed by atoms with E-state index in [4.69, 9.17) is 23.2 Å². The Balaban J connectivity index is 1.93. The van der Waals surface area contributed by atoms with E-state index in [1.165, 1.54) is 0 Å². The molecule has 0 aliphatic heterocycles. The second-order valence-corrected chi connectivity index (χ2v) is 7.57. The molecule has 0 spiro atoms. The summed E-state index contributed by atoms with van der Waals surface area (Å²) in [5, 5.41) is 8.42. The Kier molecular flexibility index (Phi) is 5.88. The molecule has 1 aromatic heterocycles. The van der Waals surface area contributed by atoms with E-state index in [9.17, 15) is 4.79 Å². The largest absolute Gasteiger partial charge is 0.380 e. The summed E-state index contributed by atoms with van der Waals surface area (Å²) in [5.74, 6) is -0.131. The number of halogens is 2. The van der Waals surface area contributed by atoms with Crippen LogP contribution in [0.15, 0.2) is 42.5 Å². The van der Waals surface area contributed by atoms with Crippen LogP contribution in [-0.4, -0.2) is 10.9 Å². The normalized spacial score (nSPS) is 11.0. The Bertz CT molecular complexity index is 1000. The number of aromatic nitrogens is 1. The topological polar surface area (TPSA) is 54.0 Å². The molecule has 6 heteroatoms. The van der Waals surface area contributed by atoms with Gasteiger partial charge in [-0.05, 0) is 36.8 Å². The van der Waals surface area contributed by atoms with Crippen molar-refractivity contribution in [1.82, 2.24) is 4.98 Å². The molecule has 27 heavy (non-hydrogen) atoms. The first-order valence-corrected chi connectivity index (χ1v) is 9.50. The van der Waals surface area contributed by atoms with Crippen molar-refractivity contribution in [2.75, 3.05) is 10.6 Å². The summed E-state index contributed by atoms with van der Waals surface area (Å²) in [6, 6.07) is 13.3. The van der Waals surface area contributed by atoms with Gasteiger partial charge in [-0.2, -0.15) is 0 Å². The number of para-hydroxylation sites is 1. The van der Waals surface area contributed by atoms with Crippen LogP contribution < -0.4 is 10.6 Å². The maximum atomic E-state index is 12.1. The van der Waals surface area contributed by atoms with Gasteiger partial charge in [0, 0.05) is 29.2 Å². The maximum absolute atomic E-state index is 12.1. The summed E-state index contributed by atoms with van der Waals surface area (Å²) in [5.41, 5.74) is 4.32. The van der Waals surface area contributed by atoms with Crippen molar-refractivity contribution < 1.29 is 4.79 Å². The highest BCUT2D eigenvalue weighted by Crippen LogP contribution is 2.30. The van der Waals surface area contributed by atoms with Crippen molar-refractivity contribution in [3.8, 4) is 0 Å². The SMILES string of the molecule is Cc1cc(NCc2ccc(Cl)c(Cl)c2)c2cccc(NC(=O)C(C)C)c2n1. The van der Waals surface area contributed by atoms with E-state index in [0.29, 0.717) is 22.3 Å². The fourth-order valence-corrected chi connectivity index (χ4v) is 3.07. The van der Waals surface area contributed by atoms with Gasteiger partial charge in [-0.15, -0.1) is 0 Å². The lowest BCUT2D eigenvalue weighted by Gasteiger charge is -2.15. The van der Waals surface area contributed by atoms with Crippen molar-refractivity contribution in [3.63, 3.8) is 0 Å². The third-order valence-electron chi connectivity index (χ3n) is 4.22. The van der Waals surface area contributed by atoms with Crippen LogP contribution in [0.25, 0.3) is 10.9 Å². The number of rotatable bonds is 5. The number of aryl methyl sites for hydroxylation is 1. The summed E-state index contributed by atoms with van der Waals surface area (Å²) in [6.45, 7) is 6.26. The fourth-order valence-electron chi connectivity index (χ4n) is 2.75. The lowest BCUT2D eigenvalue weighted by atomic mass is 10.1. The lowest BCUT2D eigenvalue weighted by Crippen LogP contribution is -2.18. The molecule has 0 radical (unpaired) electrons. The summed E-state index contributed by atoms with van der Waals surface area (Å²) < 4.78 is 0. The number of fused-ring (bicyclic) bond motifs is 1. The third-order valence-corrected chi connectivity index (χ3v) is 4.96. The van der Waals surface area contributed by atoms with Crippen molar-refractivity contribution >= 4 is 51.4 Å². The molecule has 1 amide bonds. The molecule has 1 heterocycles. The van der Waals surface area contributed by atoms with Gasteiger partial charge in [-0.1, -0.05) is 55.2 Å². The second-order valence-electron chi connectivity index (χ2n) is 6.76. The van der Waals surface area contributed by atoms with Crippen molar-refractivity contribution in [2.24, 2.45) is 5.92 Å². The van der Waals surface area contributed by atoms with E-state index in [0.717, 1.165) is 27.8 Å². The fraction of sp³-hybridized carbons (Fsp3) is 0.238. The zero-order chi connectivity index (χ0) is 19.6. The number of benzene rings is 2. The number of nitrogens with zero attached hydrogens (tertiary/aromatic N) is 1. The monoisotopic (exact) mass is 401 g/mol. The van der Waals surface area contributed by atoms with E-state index in [2.05, 4.69) is 15.6 Å². The summed E-state index contributed by atoms with van der Waals surface area (Å²) in [7, 11) is 0. The molecule has 0 aliphatic carbocycles. The van der Waals surface area contributed by atoms with Crippen molar-refractivity contribution in [3.05, 3.63) is 63.8 Å². The number of nitrogens with one attached hydrogen (secondary N) is 2. The van der Waals surface area contributed by atoms with Gasteiger partial charge in [0.15, 0.2) is 0 Å². The number of hydrogen-bond acceptors (Lipinski definition) is 3. The van der Waals surface area contributed by atoms with Crippen LogP contribution >= 0.6 is 23.2 Å². The molecule has 0 aliphatic rings. The first kappa shape index (κ1) is 19.5. The zero-order valence-corrected chi connectivity index (χ0v) is 16.9.